The molecule has 2 rings (SSSR count). The SMILES string of the molecule is CNC(N)NC(=O)C1CCC2=C(CCCC2)C1. The minimum atomic E-state index is -0.427. The van der Waals surface area contributed by atoms with Gasteiger partial charge < -0.3 is 5.32 Å². The van der Waals surface area contributed by atoms with Gasteiger partial charge >= 0.3 is 0 Å². The lowest BCUT2D eigenvalue weighted by atomic mass is 9.77. The van der Waals surface area contributed by atoms with Crippen molar-refractivity contribution < 1.29 is 4.79 Å². The molecule has 2 aliphatic carbocycles. The molecule has 0 heterocycles. The molecular formula is C13H23N3O. The van der Waals surface area contributed by atoms with Gasteiger partial charge in [0.1, 0.15) is 6.29 Å². The molecule has 0 radical (unpaired) electrons. The number of carbonyl (C=O) groups excluding carboxylic acids is 1. The molecule has 2 atom stereocenters. The van der Waals surface area contributed by atoms with Crippen molar-refractivity contribution in [2.45, 2.75) is 51.2 Å². The normalized spacial score (nSPS) is 26.4. The number of nitrogens with two attached hydrogens (primary N) is 1. The van der Waals surface area contributed by atoms with Crippen LogP contribution in [0.25, 0.3) is 0 Å². The van der Waals surface area contributed by atoms with Gasteiger partial charge in [-0.15, -0.1) is 0 Å². The Kier molecular flexibility index (Phi) is 4.18. The van der Waals surface area contributed by atoms with Crippen LogP contribution in [0.1, 0.15) is 44.9 Å². The third-order valence-electron chi connectivity index (χ3n) is 3.97. The second-order valence-electron chi connectivity index (χ2n) is 5.13. The van der Waals surface area contributed by atoms with E-state index in [9.17, 15) is 4.79 Å². The number of amides is 1. The summed E-state index contributed by atoms with van der Waals surface area (Å²) in [5.74, 6) is 0.232. The van der Waals surface area contributed by atoms with Gasteiger partial charge in [-0.2, -0.15) is 0 Å². The quantitative estimate of drug-likeness (QED) is 0.511. The molecule has 0 saturated heterocycles. The maximum Gasteiger partial charge on any atom is 0.225 e. The summed E-state index contributed by atoms with van der Waals surface area (Å²) in [6.07, 6.45) is 7.73. The highest BCUT2D eigenvalue weighted by Crippen LogP contribution is 2.38. The minimum Gasteiger partial charge on any atom is -0.328 e. The Morgan fingerprint density at radius 2 is 2.00 bits per heavy atom. The molecule has 2 unspecified atom stereocenters. The van der Waals surface area contributed by atoms with E-state index in [0.29, 0.717) is 0 Å². The maximum absolute atomic E-state index is 12.0. The van der Waals surface area contributed by atoms with E-state index in [1.807, 2.05) is 0 Å². The third-order valence-corrected chi connectivity index (χ3v) is 3.97. The lowest BCUT2D eigenvalue weighted by Crippen LogP contribution is -2.52. The van der Waals surface area contributed by atoms with Crippen LogP contribution >= 0.6 is 0 Å². The van der Waals surface area contributed by atoms with Gasteiger partial charge in [0.25, 0.3) is 0 Å². The highest BCUT2D eigenvalue weighted by Gasteiger charge is 2.27. The van der Waals surface area contributed by atoms with Gasteiger partial charge in [-0.1, -0.05) is 11.1 Å². The Hall–Kier alpha value is -0.870. The Balaban J connectivity index is 1.92. The van der Waals surface area contributed by atoms with E-state index in [1.54, 1.807) is 18.2 Å². The molecule has 4 N–H and O–H groups in total. The Bertz CT molecular complexity index is 325. The topological polar surface area (TPSA) is 67.2 Å². The summed E-state index contributed by atoms with van der Waals surface area (Å²) in [4.78, 5) is 12.0. The molecule has 0 aromatic carbocycles. The lowest BCUT2D eigenvalue weighted by Gasteiger charge is -2.30. The first-order chi connectivity index (χ1) is 8.20. The summed E-state index contributed by atoms with van der Waals surface area (Å²) in [5.41, 5.74) is 8.85. The van der Waals surface area contributed by atoms with Gasteiger partial charge in [-0.25, -0.2) is 0 Å². The summed E-state index contributed by atoms with van der Waals surface area (Å²) < 4.78 is 0. The Morgan fingerprint density at radius 1 is 1.29 bits per heavy atom. The number of hydrogen-bond donors (Lipinski definition) is 3. The van der Waals surface area contributed by atoms with Gasteiger partial charge in [-0.3, -0.25) is 15.8 Å². The zero-order chi connectivity index (χ0) is 12.3. The van der Waals surface area contributed by atoms with Crippen LogP contribution in [-0.2, 0) is 4.79 Å². The van der Waals surface area contributed by atoms with Crippen LogP contribution in [0.15, 0.2) is 11.1 Å². The molecule has 0 spiro atoms. The Morgan fingerprint density at radius 3 is 2.71 bits per heavy atom. The van der Waals surface area contributed by atoms with Crippen molar-refractivity contribution in [3.63, 3.8) is 0 Å². The fraction of sp³-hybridized carbons (Fsp3) is 0.769. The fourth-order valence-electron chi connectivity index (χ4n) is 2.89. The van der Waals surface area contributed by atoms with Crippen molar-refractivity contribution in [3.8, 4) is 0 Å². The third kappa shape index (κ3) is 3.07. The number of rotatable bonds is 3. The van der Waals surface area contributed by atoms with Crippen molar-refractivity contribution in [2.75, 3.05) is 7.05 Å². The number of carbonyl (C=O) groups is 1. The molecule has 2 aliphatic rings. The predicted octanol–water partition coefficient (Wildman–Crippen LogP) is 1.23. The number of hydrogen-bond acceptors (Lipinski definition) is 3. The smallest absolute Gasteiger partial charge is 0.225 e. The zero-order valence-corrected chi connectivity index (χ0v) is 10.6. The molecule has 0 aliphatic heterocycles. The van der Waals surface area contributed by atoms with E-state index in [1.165, 1.54) is 25.7 Å². The molecular weight excluding hydrogens is 214 g/mol. The molecule has 0 saturated carbocycles. The van der Waals surface area contributed by atoms with Crippen molar-refractivity contribution in [1.82, 2.24) is 10.6 Å². The van der Waals surface area contributed by atoms with Gasteiger partial charge in [0, 0.05) is 5.92 Å². The van der Waals surface area contributed by atoms with Gasteiger partial charge in [-0.05, 0) is 52.0 Å². The maximum atomic E-state index is 12.0. The van der Waals surface area contributed by atoms with Crippen LogP contribution in [0.4, 0.5) is 0 Å². The van der Waals surface area contributed by atoms with E-state index < -0.39 is 6.29 Å². The number of nitrogens with one attached hydrogen (secondary N) is 2. The molecule has 17 heavy (non-hydrogen) atoms. The summed E-state index contributed by atoms with van der Waals surface area (Å²) in [5, 5.41) is 5.62. The van der Waals surface area contributed by atoms with Gasteiger partial charge in [0.05, 0.1) is 0 Å². The van der Waals surface area contributed by atoms with E-state index in [0.717, 1.165) is 19.3 Å². The van der Waals surface area contributed by atoms with Crippen LogP contribution in [0.5, 0.6) is 0 Å². The molecule has 4 nitrogen and oxygen atoms in total. The van der Waals surface area contributed by atoms with Gasteiger partial charge in [0.2, 0.25) is 5.91 Å². The number of allylic oxidation sites excluding steroid dienone is 2. The van der Waals surface area contributed by atoms with E-state index in [2.05, 4.69) is 10.6 Å². The molecule has 0 fully saturated rings. The second kappa shape index (κ2) is 5.65. The van der Waals surface area contributed by atoms with Crippen LogP contribution in [0.2, 0.25) is 0 Å². The van der Waals surface area contributed by atoms with Gasteiger partial charge in [0.15, 0.2) is 0 Å². The molecule has 4 heteroatoms. The van der Waals surface area contributed by atoms with E-state index >= 15 is 0 Å². The first-order valence-electron chi connectivity index (χ1n) is 6.63. The highest BCUT2D eigenvalue weighted by atomic mass is 16.2. The van der Waals surface area contributed by atoms with Crippen LogP contribution < -0.4 is 16.4 Å². The largest absolute Gasteiger partial charge is 0.328 e. The van der Waals surface area contributed by atoms with Crippen molar-refractivity contribution in [1.29, 1.82) is 0 Å². The first kappa shape index (κ1) is 12.6. The summed E-state index contributed by atoms with van der Waals surface area (Å²) in [6.45, 7) is 0. The lowest BCUT2D eigenvalue weighted by molar-refractivity contribution is -0.126. The van der Waals surface area contributed by atoms with Crippen LogP contribution in [0, 0.1) is 5.92 Å². The monoisotopic (exact) mass is 237 g/mol. The summed E-state index contributed by atoms with van der Waals surface area (Å²) in [7, 11) is 1.74. The standard InChI is InChI=1S/C13H23N3O/c1-15-13(14)16-12(17)11-7-6-9-4-2-3-5-10(9)8-11/h11,13,15H,2-8,14H2,1H3,(H,16,17). The second-order valence-corrected chi connectivity index (χ2v) is 5.13. The Labute approximate surface area is 103 Å². The molecule has 0 aromatic rings. The van der Waals surface area contributed by atoms with Crippen LogP contribution in [0.3, 0.4) is 0 Å². The molecule has 1 amide bonds. The average Bonchev–Trinajstić information content (AvgIpc) is 2.38. The van der Waals surface area contributed by atoms with Crippen molar-refractivity contribution >= 4 is 5.91 Å². The molecule has 96 valence electrons. The molecule has 0 bridgehead atoms. The fourth-order valence-corrected chi connectivity index (χ4v) is 2.89. The zero-order valence-electron chi connectivity index (χ0n) is 10.6. The molecule has 0 aromatic heterocycles. The first-order valence-corrected chi connectivity index (χ1v) is 6.63. The summed E-state index contributed by atoms with van der Waals surface area (Å²) >= 11 is 0. The van der Waals surface area contributed by atoms with Crippen molar-refractivity contribution in [2.24, 2.45) is 11.7 Å². The highest BCUT2D eigenvalue weighted by molar-refractivity contribution is 5.79. The minimum absolute atomic E-state index is 0.101. The van der Waals surface area contributed by atoms with E-state index in [-0.39, 0.29) is 11.8 Å². The van der Waals surface area contributed by atoms with E-state index in [4.69, 9.17) is 5.73 Å². The average molecular weight is 237 g/mol. The summed E-state index contributed by atoms with van der Waals surface area (Å²) in [6, 6.07) is 0. The predicted molar refractivity (Wildman–Crippen MR) is 68.0 cm³/mol. The van der Waals surface area contributed by atoms with Crippen molar-refractivity contribution in [3.05, 3.63) is 11.1 Å². The van der Waals surface area contributed by atoms with Crippen LogP contribution in [-0.4, -0.2) is 19.2 Å².